The summed E-state index contributed by atoms with van der Waals surface area (Å²) >= 11 is 0. The van der Waals surface area contributed by atoms with E-state index in [-0.39, 0.29) is 18.4 Å². The van der Waals surface area contributed by atoms with E-state index in [4.69, 9.17) is 0 Å². The Morgan fingerprint density at radius 1 is 1.43 bits per heavy atom. The number of nitrogens with one attached hydrogen (secondary N) is 1. The van der Waals surface area contributed by atoms with Crippen LogP contribution in [0, 0.1) is 5.92 Å². The van der Waals surface area contributed by atoms with Gasteiger partial charge in [-0.1, -0.05) is 20.3 Å². The summed E-state index contributed by atoms with van der Waals surface area (Å²) in [6.07, 6.45) is 1.50. The lowest BCUT2D eigenvalue weighted by molar-refractivity contribution is -0.135. The minimum Gasteiger partial charge on any atom is -0.358 e. The minimum atomic E-state index is -0.134. The Hall–Kier alpha value is -1.06. The first-order valence-corrected chi connectivity index (χ1v) is 4.95. The summed E-state index contributed by atoms with van der Waals surface area (Å²) in [6, 6.07) is 0. The normalized spacial score (nSPS) is 12.0. The van der Waals surface area contributed by atoms with E-state index in [1.54, 1.807) is 14.1 Å². The Morgan fingerprint density at radius 3 is 2.43 bits per heavy atom. The van der Waals surface area contributed by atoms with Gasteiger partial charge in [-0.05, 0) is 5.92 Å². The Kier molecular flexibility index (Phi) is 5.92. The van der Waals surface area contributed by atoms with E-state index >= 15 is 0 Å². The molecule has 82 valence electrons. The molecule has 0 aromatic rings. The molecule has 2 amide bonds. The zero-order valence-electron chi connectivity index (χ0n) is 9.46. The van der Waals surface area contributed by atoms with Crippen molar-refractivity contribution in [3.63, 3.8) is 0 Å². The lowest BCUT2D eigenvalue weighted by atomic mass is 10.0. The summed E-state index contributed by atoms with van der Waals surface area (Å²) in [5.41, 5.74) is 0. The molecule has 0 spiro atoms. The van der Waals surface area contributed by atoms with Crippen LogP contribution >= 0.6 is 0 Å². The van der Waals surface area contributed by atoms with E-state index in [1.165, 1.54) is 4.90 Å². The summed E-state index contributed by atoms with van der Waals surface area (Å²) in [7, 11) is 3.22. The van der Waals surface area contributed by atoms with Gasteiger partial charge in [-0.3, -0.25) is 9.59 Å². The van der Waals surface area contributed by atoms with Crippen LogP contribution in [0.15, 0.2) is 0 Å². The molecule has 0 unspecified atom stereocenters. The average Bonchev–Trinajstić information content (AvgIpc) is 2.17. The van der Waals surface area contributed by atoms with Gasteiger partial charge in [0.1, 0.15) is 0 Å². The quantitative estimate of drug-likeness (QED) is 0.707. The smallest absolute Gasteiger partial charge is 0.239 e. The second kappa shape index (κ2) is 6.40. The van der Waals surface area contributed by atoms with Crippen LogP contribution in [0.4, 0.5) is 0 Å². The molecule has 1 atom stereocenters. The topological polar surface area (TPSA) is 49.4 Å². The van der Waals surface area contributed by atoms with Crippen LogP contribution in [0.1, 0.15) is 26.7 Å². The zero-order valence-corrected chi connectivity index (χ0v) is 9.46. The molecule has 0 saturated heterocycles. The van der Waals surface area contributed by atoms with Crippen molar-refractivity contribution in [3.05, 3.63) is 0 Å². The van der Waals surface area contributed by atoms with Crippen molar-refractivity contribution in [1.29, 1.82) is 0 Å². The van der Waals surface area contributed by atoms with E-state index in [1.807, 2.05) is 6.92 Å². The fourth-order valence-corrected chi connectivity index (χ4v) is 0.981. The van der Waals surface area contributed by atoms with Crippen LogP contribution < -0.4 is 5.32 Å². The summed E-state index contributed by atoms with van der Waals surface area (Å²) in [4.78, 5) is 23.9. The van der Waals surface area contributed by atoms with Crippen LogP contribution in [0.3, 0.4) is 0 Å². The molecule has 0 radical (unpaired) electrons. The Labute approximate surface area is 85.7 Å². The van der Waals surface area contributed by atoms with Crippen LogP contribution in [0.25, 0.3) is 0 Å². The first kappa shape index (κ1) is 12.9. The summed E-state index contributed by atoms with van der Waals surface area (Å²) in [5.74, 6) is 0.280. The predicted octanol–water partition coefficient (Wildman–Crippen LogP) is 0.627. The number of likely N-dealkylation sites (N-methyl/N-ethyl adjacent to an activating group) is 2. The van der Waals surface area contributed by atoms with Gasteiger partial charge in [0.2, 0.25) is 11.8 Å². The molecule has 0 heterocycles. The van der Waals surface area contributed by atoms with Gasteiger partial charge in [-0.15, -0.1) is 0 Å². The Morgan fingerprint density at radius 2 is 2.00 bits per heavy atom. The monoisotopic (exact) mass is 200 g/mol. The molecule has 4 heteroatoms. The molecule has 0 aliphatic rings. The number of carbonyl (C=O) groups is 2. The highest BCUT2D eigenvalue weighted by Crippen LogP contribution is 2.07. The fraction of sp³-hybridized carbons (Fsp3) is 0.800. The first-order valence-electron chi connectivity index (χ1n) is 4.95. The Bertz CT molecular complexity index is 204. The van der Waals surface area contributed by atoms with Gasteiger partial charge in [0.15, 0.2) is 0 Å². The van der Waals surface area contributed by atoms with Crippen molar-refractivity contribution in [1.82, 2.24) is 10.2 Å². The predicted molar refractivity (Wildman–Crippen MR) is 55.8 cm³/mol. The molecule has 0 saturated carbocycles. The summed E-state index contributed by atoms with van der Waals surface area (Å²) in [5, 5.41) is 2.49. The maximum atomic E-state index is 11.5. The van der Waals surface area contributed by atoms with Crippen LogP contribution in [-0.2, 0) is 9.59 Å². The molecule has 0 bridgehead atoms. The van der Waals surface area contributed by atoms with E-state index in [9.17, 15) is 9.59 Å². The number of amides is 2. The second-order valence-electron chi connectivity index (χ2n) is 3.64. The SMILES string of the molecule is CC[C@H](C)CC(=O)N(C)CC(=O)NC. The highest BCUT2D eigenvalue weighted by molar-refractivity contribution is 5.84. The molecule has 4 nitrogen and oxygen atoms in total. The highest BCUT2D eigenvalue weighted by Gasteiger charge is 2.14. The molecule has 14 heavy (non-hydrogen) atoms. The Balaban J connectivity index is 3.93. The van der Waals surface area contributed by atoms with Gasteiger partial charge in [0.05, 0.1) is 6.54 Å². The van der Waals surface area contributed by atoms with Crippen molar-refractivity contribution >= 4 is 11.8 Å². The number of nitrogens with zero attached hydrogens (tertiary/aromatic N) is 1. The van der Waals surface area contributed by atoms with E-state index in [0.717, 1.165) is 6.42 Å². The lowest BCUT2D eigenvalue weighted by Gasteiger charge is -2.17. The van der Waals surface area contributed by atoms with Gasteiger partial charge < -0.3 is 10.2 Å². The molecular formula is C10H20N2O2. The zero-order chi connectivity index (χ0) is 11.1. The third-order valence-corrected chi connectivity index (χ3v) is 2.31. The second-order valence-corrected chi connectivity index (χ2v) is 3.64. The van der Waals surface area contributed by atoms with Gasteiger partial charge in [-0.25, -0.2) is 0 Å². The number of hydrogen-bond acceptors (Lipinski definition) is 2. The summed E-state index contributed by atoms with van der Waals surface area (Å²) < 4.78 is 0. The molecule has 0 rings (SSSR count). The average molecular weight is 200 g/mol. The highest BCUT2D eigenvalue weighted by atomic mass is 16.2. The van der Waals surface area contributed by atoms with Gasteiger partial charge >= 0.3 is 0 Å². The maximum Gasteiger partial charge on any atom is 0.239 e. The van der Waals surface area contributed by atoms with Crippen LogP contribution in [0.2, 0.25) is 0 Å². The lowest BCUT2D eigenvalue weighted by Crippen LogP contribution is -2.37. The van der Waals surface area contributed by atoms with Gasteiger partial charge in [0.25, 0.3) is 0 Å². The fourth-order valence-electron chi connectivity index (χ4n) is 0.981. The first-order chi connectivity index (χ1) is 6.51. The largest absolute Gasteiger partial charge is 0.358 e. The van der Waals surface area contributed by atoms with E-state index in [2.05, 4.69) is 12.2 Å². The number of carbonyl (C=O) groups excluding carboxylic acids is 2. The van der Waals surface area contributed by atoms with Crippen molar-refractivity contribution in [2.75, 3.05) is 20.6 Å². The summed E-state index contributed by atoms with van der Waals surface area (Å²) in [6.45, 7) is 4.23. The molecular weight excluding hydrogens is 180 g/mol. The third kappa shape index (κ3) is 4.84. The molecule has 0 aliphatic heterocycles. The van der Waals surface area contributed by atoms with Crippen molar-refractivity contribution in [2.24, 2.45) is 5.92 Å². The maximum absolute atomic E-state index is 11.5. The molecule has 0 aromatic heterocycles. The van der Waals surface area contributed by atoms with Gasteiger partial charge in [0, 0.05) is 20.5 Å². The van der Waals surface area contributed by atoms with Crippen LogP contribution in [0.5, 0.6) is 0 Å². The van der Waals surface area contributed by atoms with E-state index < -0.39 is 0 Å². The molecule has 1 N–H and O–H groups in total. The van der Waals surface area contributed by atoms with Crippen molar-refractivity contribution < 1.29 is 9.59 Å². The number of rotatable bonds is 5. The molecule has 0 aliphatic carbocycles. The standard InChI is InChI=1S/C10H20N2O2/c1-5-8(2)6-10(14)12(4)7-9(13)11-3/h8H,5-7H2,1-4H3,(H,11,13)/t8-/m0/s1. The van der Waals surface area contributed by atoms with Crippen molar-refractivity contribution in [2.45, 2.75) is 26.7 Å². The van der Waals surface area contributed by atoms with Gasteiger partial charge in [-0.2, -0.15) is 0 Å². The molecule has 0 fully saturated rings. The molecule has 0 aromatic carbocycles. The van der Waals surface area contributed by atoms with E-state index in [0.29, 0.717) is 12.3 Å². The van der Waals surface area contributed by atoms with Crippen LogP contribution in [-0.4, -0.2) is 37.4 Å². The third-order valence-electron chi connectivity index (χ3n) is 2.31. The number of hydrogen-bond donors (Lipinski definition) is 1. The van der Waals surface area contributed by atoms with Crippen molar-refractivity contribution in [3.8, 4) is 0 Å². The minimum absolute atomic E-state index is 0.0305.